The van der Waals surface area contributed by atoms with Crippen molar-refractivity contribution in [3.05, 3.63) is 82.1 Å². The first-order chi connectivity index (χ1) is 13.0. The van der Waals surface area contributed by atoms with E-state index >= 15 is 0 Å². The summed E-state index contributed by atoms with van der Waals surface area (Å²) >= 11 is 0. The zero-order valence-corrected chi connectivity index (χ0v) is 13.7. The van der Waals surface area contributed by atoms with E-state index in [2.05, 4.69) is 20.0 Å². The van der Waals surface area contributed by atoms with Gasteiger partial charge in [-0.05, 0) is 40.6 Å². The minimum absolute atomic E-state index is 0.0182. The molecule has 0 aliphatic rings. The summed E-state index contributed by atoms with van der Waals surface area (Å²) in [6, 6.07) is 11.8. The number of aromatic amines is 1. The Morgan fingerprint density at radius 2 is 1.70 bits per heavy atom. The molecule has 0 fully saturated rings. The summed E-state index contributed by atoms with van der Waals surface area (Å²) in [5, 5.41) is 8.12. The Hall–Kier alpha value is -3.55. The van der Waals surface area contributed by atoms with Crippen molar-refractivity contribution >= 4 is 16.5 Å². The lowest BCUT2D eigenvalue weighted by atomic mass is 10.1. The molecule has 0 spiro atoms. The predicted octanol–water partition coefficient (Wildman–Crippen LogP) is 4.21. The largest absolute Gasteiger partial charge is 0.439 e. The average Bonchev–Trinajstić information content (AvgIpc) is 3.08. The summed E-state index contributed by atoms with van der Waals surface area (Å²) in [6.07, 6.45) is 0. The van der Waals surface area contributed by atoms with Crippen molar-refractivity contribution in [2.24, 2.45) is 0 Å². The third-order valence-electron chi connectivity index (χ3n) is 4.11. The van der Waals surface area contributed by atoms with E-state index < -0.39 is 17.4 Å². The molecule has 136 valence electrons. The Morgan fingerprint density at radius 1 is 0.963 bits per heavy atom. The SMILES string of the molecule is O=c1[nH]c(-c2cc(F)c(F)cc2NCc2ccc3cc(F)ccc3c2)no1. The van der Waals surface area contributed by atoms with Gasteiger partial charge in [-0.1, -0.05) is 23.4 Å². The maximum Gasteiger partial charge on any atom is 0.439 e. The smallest absolute Gasteiger partial charge is 0.380 e. The Morgan fingerprint density at radius 3 is 2.48 bits per heavy atom. The Kier molecular flexibility index (Phi) is 4.15. The van der Waals surface area contributed by atoms with E-state index in [-0.39, 0.29) is 29.4 Å². The van der Waals surface area contributed by atoms with Crippen LogP contribution in [0.5, 0.6) is 0 Å². The van der Waals surface area contributed by atoms with Gasteiger partial charge in [0.1, 0.15) is 5.82 Å². The molecule has 4 rings (SSSR count). The number of nitrogens with one attached hydrogen (secondary N) is 2. The minimum Gasteiger partial charge on any atom is -0.380 e. The van der Waals surface area contributed by atoms with Crippen LogP contribution in [-0.2, 0) is 6.54 Å². The van der Waals surface area contributed by atoms with Crippen LogP contribution in [-0.4, -0.2) is 10.1 Å². The van der Waals surface area contributed by atoms with Crippen molar-refractivity contribution in [1.29, 1.82) is 0 Å². The van der Waals surface area contributed by atoms with E-state index in [1.54, 1.807) is 18.2 Å². The van der Waals surface area contributed by atoms with E-state index in [0.29, 0.717) is 0 Å². The van der Waals surface area contributed by atoms with Gasteiger partial charge in [0.15, 0.2) is 17.5 Å². The number of aromatic nitrogens is 2. The fraction of sp³-hybridized carbons (Fsp3) is 0.0526. The Balaban J connectivity index is 1.65. The molecule has 0 unspecified atom stereocenters. The van der Waals surface area contributed by atoms with Crippen LogP contribution in [0.25, 0.3) is 22.2 Å². The highest BCUT2D eigenvalue weighted by molar-refractivity contribution is 5.83. The summed E-state index contributed by atoms with van der Waals surface area (Å²) in [5.74, 6) is -3.26. The number of anilines is 1. The summed E-state index contributed by atoms with van der Waals surface area (Å²) in [5.41, 5.74) is 1.23. The molecule has 0 bridgehead atoms. The number of fused-ring (bicyclic) bond motifs is 1. The highest BCUT2D eigenvalue weighted by atomic mass is 19.2. The number of hydrogen-bond acceptors (Lipinski definition) is 4. The molecule has 0 radical (unpaired) electrons. The molecule has 27 heavy (non-hydrogen) atoms. The molecule has 0 saturated carbocycles. The van der Waals surface area contributed by atoms with Crippen LogP contribution in [0.15, 0.2) is 57.8 Å². The van der Waals surface area contributed by atoms with Gasteiger partial charge in [0.05, 0.1) is 0 Å². The van der Waals surface area contributed by atoms with Gasteiger partial charge in [-0.25, -0.2) is 18.0 Å². The molecule has 2 N–H and O–H groups in total. The monoisotopic (exact) mass is 371 g/mol. The molecule has 4 aromatic rings. The fourth-order valence-electron chi connectivity index (χ4n) is 2.81. The second-order valence-corrected chi connectivity index (χ2v) is 5.93. The Bertz CT molecular complexity index is 1200. The summed E-state index contributed by atoms with van der Waals surface area (Å²) < 4.78 is 45.0. The van der Waals surface area contributed by atoms with Crippen molar-refractivity contribution in [3.8, 4) is 11.4 Å². The number of rotatable bonds is 4. The van der Waals surface area contributed by atoms with Gasteiger partial charge in [0.25, 0.3) is 0 Å². The van der Waals surface area contributed by atoms with Crippen LogP contribution in [0.3, 0.4) is 0 Å². The predicted molar refractivity (Wildman–Crippen MR) is 93.7 cm³/mol. The Labute approximate surface area is 150 Å². The van der Waals surface area contributed by atoms with Crippen molar-refractivity contribution in [2.75, 3.05) is 5.32 Å². The first-order valence-electron chi connectivity index (χ1n) is 7.97. The second-order valence-electron chi connectivity index (χ2n) is 5.93. The quantitative estimate of drug-likeness (QED) is 0.564. The van der Waals surface area contributed by atoms with E-state index in [0.717, 1.165) is 28.5 Å². The van der Waals surface area contributed by atoms with E-state index in [1.807, 2.05) is 6.07 Å². The zero-order valence-electron chi connectivity index (χ0n) is 13.7. The molecule has 8 heteroatoms. The molecule has 0 aliphatic carbocycles. The lowest BCUT2D eigenvalue weighted by Gasteiger charge is -2.12. The normalized spacial score (nSPS) is 11.1. The van der Waals surface area contributed by atoms with Crippen molar-refractivity contribution in [3.63, 3.8) is 0 Å². The highest BCUT2D eigenvalue weighted by Crippen LogP contribution is 2.28. The van der Waals surface area contributed by atoms with E-state index in [4.69, 9.17) is 0 Å². The third kappa shape index (κ3) is 3.41. The van der Waals surface area contributed by atoms with Gasteiger partial charge in [-0.2, -0.15) is 0 Å². The molecule has 1 heterocycles. The number of halogens is 3. The molecule has 1 aromatic heterocycles. The number of benzene rings is 3. The standard InChI is InChI=1S/C19H12F3N3O2/c20-13-4-3-11-5-10(1-2-12(11)6-13)9-23-17-8-16(22)15(21)7-14(17)18-24-19(26)27-25-18/h1-8,23H,9H2,(H,24,25,26). The molecule has 5 nitrogen and oxygen atoms in total. The summed E-state index contributed by atoms with van der Waals surface area (Å²) in [6.45, 7) is 0.285. The highest BCUT2D eigenvalue weighted by Gasteiger charge is 2.15. The summed E-state index contributed by atoms with van der Waals surface area (Å²) in [4.78, 5) is 13.5. The van der Waals surface area contributed by atoms with Crippen molar-refractivity contribution in [1.82, 2.24) is 10.1 Å². The van der Waals surface area contributed by atoms with E-state index in [9.17, 15) is 18.0 Å². The van der Waals surface area contributed by atoms with Crippen molar-refractivity contribution < 1.29 is 17.7 Å². The van der Waals surface area contributed by atoms with Crippen LogP contribution in [0.1, 0.15) is 5.56 Å². The molecule has 3 aromatic carbocycles. The molecular weight excluding hydrogens is 359 g/mol. The van der Waals surface area contributed by atoms with Crippen LogP contribution in [0.4, 0.5) is 18.9 Å². The summed E-state index contributed by atoms with van der Waals surface area (Å²) in [7, 11) is 0. The van der Waals surface area contributed by atoms with E-state index in [1.165, 1.54) is 12.1 Å². The molecule has 0 saturated heterocycles. The third-order valence-corrected chi connectivity index (χ3v) is 4.11. The average molecular weight is 371 g/mol. The van der Waals surface area contributed by atoms with Crippen LogP contribution in [0, 0.1) is 17.5 Å². The first kappa shape index (κ1) is 16.9. The lowest BCUT2D eigenvalue weighted by Crippen LogP contribution is -2.04. The maximum atomic E-state index is 13.7. The molecule has 0 aliphatic heterocycles. The van der Waals surface area contributed by atoms with Crippen LogP contribution < -0.4 is 11.1 Å². The lowest BCUT2D eigenvalue weighted by molar-refractivity contribution is 0.388. The van der Waals surface area contributed by atoms with Gasteiger partial charge in [0, 0.05) is 23.9 Å². The van der Waals surface area contributed by atoms with Gasteiger partial charge < -0.3 is 5.32 Å². The zero-order chi connectivity index (χ0) is 19.0. The first-order valence-corrected chi connectivity index (χ1v) is 7.97. The van der Waals surface area contributed by atoms with Crippen LogP contribution >= 0.6 is 0 Å². The molecule has 0 atom stereocenters. The van der Waals surface area contributed by atoms with Crippen LogP contribution in [0.2, 0.25) is 0 Å². The number of H-pyrrole nitrogens is 1. The second kappa shape index (κ2) is 6.64. The molecule has 0 amide bonds. The fourth-order valence-corrected chi connectivity index (χ4v) is 2.81. The van der Waals surface area contributed by atoms with Gasteiger partial charge >= 0.3 is 5.76 Å². The number of hydrogen-bond donors (Lipinski definition) is 2. The minimum atomic E-state index is -1.08. The number of nitrogens with zero attached hydrogens (tertiary/aromatic N) is 1. The van der Waals surface area contributed by atoms with Gasteiger partial charge in [0.2, 0.25) is 0 Å². The topological polar surface area (TPSA) is 70.9 Å². The van der Waals surface area contributed by atoms with Crippen molar-refractivity contribution in [2.45, 2.75) is 6.54 Å². The maximum absolute atomic E-state index is 13.7. The van der Waals surface area contributed by atoms with Gasteiger partial charge in [-0.3, -0.25) is 9.51 Å². The molecular formula is C19H12F3N3O2. The van der Waals surface area contributed by atoms with Gasteiger partial charge in [-0.15, -0.1) is 0 Å².